The highest BCUT2D eigenvalue weighted by Crippen LogP contribution is 2.24. The van der Waals surface area contributed by atoms with Crippen molar-refractivity contribution in [1.82, 2.24) is 9.88 Å². The van der Waals surface area contributed by atoms with E-state index < -0.39 is 0 Å². The van der Waals surface area contributed by atoms with Crippen LogP contribution in [0.5, 0.6) is 0 Å². The van der Waals surface area contributed by atoms with Crippen LogP contribution in [0.3, 0.4) is 0 Å². The number of nitrogens with zero attached hydrogens (tertiary/aromatic N) is 4. The molecule has 0 bridgehead atoms. The number of rotatable bonds is 4. The van der Waals surface area contributed by atoms with E-state index in [9.17, 15) is 4.39 Å². The second-order valence-electron chi connectivity index (χ2n) is 7.82. The summed E-state index contributed by atoms with van der Waals surface area (Å²) >= 11 is 1.69. The number of halogens is 2. The van der Waals surface area contributed by atoms with Crippen molar-refractivity contribution in [3.63, 3.8) is 0 Å². The normalized spacial score (nSPS) is 15.5. The predicted octanol–water partition coefficient (Wildman–Crippen LogP) is 3.88. The molecule has 154 valence electrons. The van der Waals surface area contributed by atoms with Crippen molar-refractivity contribution in [2.45, 2.75) is 32.6 Å². The van der Waals surface area contributed by atoms with E-state index in [2.05, 4.69) is 40.9 Å². The molecule has 1 aromatic heterocycles. The number of piperazine rings is 1. The van der Waals surface area contributed by atoms with Crippen LogP contribution in [0.15, 0.2) is 34.6 Å². The van der Waals surface area contributed by atoms with Crippen LogP contribution < -0.4 is 10.6 Å². The van der Waals surface area contributed by atoms with Gasteiger partial charge in [-0.05, 0) is 24.3 Å². The quantitative estimate of drug-likeness (QED) is 0.380. The summed E-state index contributed by atoms with van der Waals surface area (Å²) in [5, 5.41) is 3.24. The highest BCUT2D eigenvalue weighted by atomic mass is 127. The van der Waals surface area contributed by atoms with E-state index >= 15 is 0 Å². The third-order valence-corrected chi connectivity index (χ3v) is 5.62. The highest BCUT2D eigenvalue weighted by Gasteiger charge is 2.19. The fraction of sp³-hybridized carbons (Fsp3) is 0.500. The van der Waals surface area contributed by atoms with Crippen LogP contribution >= 0.6 is 35.3 Å². The molecule has 0 atom stereocenters. The van der Waals surface area contributed by atoms with E-state index in [1.54, 1.807) is 11.3 Å². The van der Waals surface area contributed by atoms with Gasteiger partial charge in [0.05, 0.1) is 10.7 Å². The lowest BCUT2D eigenvalue weighted by Crippen LogP contribution is -2.51. The second-order valence-corrected chi connectivity index (χ2v) is 8.76. The van der Waals surface area contributed by atoms with Gasteiger partial charge in [-0.15, -0.1) is 35.3 Å². The SMILES string of the molecule is CC(C)(C)c1csc(CCN=C(N)N2CCN(c3ccc(F)cc3)CC2)n1.I. The summed E-state index contributed by atoms with van der Waals surface area (Å²) in [4.78, 5) is 13.6. The van der Waals surface area contributed by atoms with Crippen molar-refractivity contribution >= 4 is 47.0 Å². The number of aliphatic imine (C=N–C) groups is 1. The summed E-state index contributed by atoms with van der Waals surface area (Å²) in [6.45, 7) is 10.5. The van der Waals surface area contributed by atoms with Crippen molar-refractivity contribution in [1.29, 1.82) is 0 Å². The van der Waals surface area contributed by atoms with Crippen molar-refractivity contribution in [2.75, 3.05) is 37.6 Å². The molecule has 1 aliphatic rings. The highest BCUT2D eigenvalue weighted by molar-refractivity contribution is 14.0. The Morgan fingerprint density at radius 2 is 1.82 bits per heavy atom. The Balaban J connectivity index is 0.00000280. The molecular weight excluding hydrogens is 488 g/mol. The van der Waals surface area contributed by atoms with Gasteiger partial charge in [0.25, 0.3) is 0 Å². The van der Waals surface area contributed by atoms with Gasteiger partial charge < -0.3 is 15.5 Å². The number of benzene rings is 1. The Morgan fingerprint density at radius 3 is 2.39 bits per heavy atom. The average Bonchev–Trinajstić information content (AvgIpc) is 3.12. The maximum Gasteiger partial charge on any atom is 0.191 e. The number of hydrogen-bond donors (Lipinski definition) is 1. The van der Waals surface area contributed by atoms with Crippen molar-refractivity contribution < 1.29 is 4.39 Å². The predicted molar refractivity (Wildman–Crippen MR) is 127 cm³/mol. The molecule has 0 aliphatic carbocycles. The zero-order chi connectivity index (χ0) is 19.4. The summed E-state index contributed by atoms with van der Waals surface area (Å²) in [7, 11) is 0. The first-order valence-corrected chi connectivity index (χ1v) is 10.2. The number of thiazole rings is 1. The molecule has 0 saturated carbocycles. The monoisotopic (exact) mass is 517 g/mol. The Morgan fingerprint density at radius 1 is 1.18 bits per heavy atom. The molecule has 2 aromatic rings. The van der Waals surface area contributed by atoms with Crippen molar-refractivity contribution in [3.8, 4) is 0 Å². The fourth-order valence-electron chi connectivity index (χ4n) is 2.98. The van der Waals surface area contributed by atoms with Crippen LogP contribution in [0.2, 0.25) is 0 Å². The van der Waals surface area contributed by atoms with Gasteiger partial charge in [0, 0.05) is 55.6 Å². The molecule has 1 aliphatic heterocycles. The van der Waals surface area contributed by atoms with Gasteiger partial charge in [-0.2, -0.15) is 0 Å². The third-order valence-electron chi connectivity index (χ3n) is 4.72. The van der Waals surface area contributed by atoms with Crippen LogP contribution in [0.4, 0.5) is 10.1 Å². The molecule has 1 aromatic carbocycles. The van der Waals surface area contributed by atoms with E-state index in [-0.39, 0.29) is 35.2 Å². The van der Waals surface area contributed by atoms with Gasteiger partial charge in [-0.25, -0.2) is 9.37 Å². The number of anilines is 1. The van der Waals surface area contributed by atoms with E-state index in [4.69, 9.17) is 10.7 Å². The molecule has 0 amide bonds. The molecule has 1 saturated heterocycles. The summed E-state index contributed by atoms with van der Waals surface area (Å²) in [6.07, 6.45) is 0.816. The number of guanidine groups is 1. The van der Waals surface area contributed by atoms with Crippen LogP contribution in [-0.4, -0.2) is 48.6 Å². The molecule has 0 spiro atoms. The molecule has 1 fully saturated rings. The minimum absolute atomic E-state index is 0. The molecular formula is C20H29FIN5S. The van der Waals surface area contributed by atoms with Gasteiger partial charge in [0.2, 0.25) is 0 Å². The van der Waals surface area contributed by atoms with Gasteiger partial charge in [0.1, 0.15) is 5.82 Å². The summed E-state index contributed by atoms with van der Waals surface area (Å²) in [5.41, 5.74) is 8.45. The first-order chi connectivity index (χ1) is 12.8. The van der Waals surface area contributed by atoms with E-state index in [0.717, 1.165) is 49.0 Å². The van der Waals surface area contributed by atoms with Crippen LogP contribution in [0.25, 0.3) is 0 Å². The summed E-state index contributed by atoms with van der Waals surface area (Å²) < 4.78 is 13.1. The second kappa shape index (κ2) is 9.87. The fourth-order valence-corrected chi connectivity index (χ4v) is 4.00. The molecule has 28 heavy (non-hydrogen) atoms. The standard InChI is InChI=1S/C20H28FN5S.HI/c1-20(2,3)17-14-27-18(24-17)8-9-23-19(22)26-12-10-25(11-13-26)16-6-4-15(21)5-7-16;/h4-7,14H,8-13H2,1-3H3,(H2,22,23);1H. The Labute approximate surface area is 187 Å². The van der Waals surface area contributed by atoms with Gasteiger partial charge in [-0.1, -0.05) is 20.8 Å². The third kappa shape index (κ3) is 6.04. The van der Waals surface area contributed by atoms with Crippen LogP contribution in [0.1, 0.15) is 31.5 Å². The number of hydrogen-bond acceptors (Lipinski definition) is 4. The van der Waals surface area contributed by atoms with Gasteiger partial charge in [-0.3, -0.25) is 4.99 Å². The van der Waals surface area contributed by atoms with Crippen molar-refractivity contribution in [3.05, 3.63) is 46.2 Å². The minimum atomic E-state index is -0.205. The summed E-state index contributed by atoms with van der Waals surface area (Å²) in [5.74, 6) is 0.393. The average molecular weight is 517 g/mol. The Bertz CT molecular complexity index is 777. The largest absolute Gasteiger partial charge is 0.370 e. The molecule has 0 unspecified atom stereocenters. The lowest BCUT2D eigenvalue weighted by molar-refractivity contribution is 0.381. The number of nitrogens with two attached hydrogens (primary N) is 1. The van der Waals surface area contributed by atoms with Crippen molar-refractivity contribution in [2.24, 2.45) is 10.7 Å². The number of aromatic nitrogens is 1. The zero-order valence-electron chi connectivity index (χ0n) is 16.7. The first-order valence-electron chi connectivity index (χ1n) is 9.33. The van der Waals surface area contributed by atoms with Gasteiger partial charge >= 0.3 is 0 Å². The van der Waals surface area contributed by atoms with Crippen LogP contribution in [0, 0.1) is 5.82 Å². The smallest absolute Gasteiger partial charge is 0.191 e. The molecule has 2 heterocycles. The maximum atomic E-state index is 13.1. The lowest BCUT2D eigenvalue weighted by atomic mass is 9.93. The zero-order valence-corrected chi connectivity index (χ0v) is 19.8. The molecule has 0 radical (unpaired) electrons. The van der Waals surface area contributed by atoms with Gasteiger partial charge in [0.15, 0.2) is 5.96 Å². The molecule has 5 nitrogen and oxygen atoms in total. The lowest BCUT2D eigenvalue weighted by Gasteiger charge is -2.36. The first kappa shape index (κ1) is 22.9. The minimum Gasteiger partial charge on any atom is -0.370 e. The Kier molecular flexibility index (Phi) is 8.06. The molecule has 2 N–H and O–H groups in total. The topological polar surface area (TPSA) is 57.8 Å². The molecule has 8 heteroatoms. The van der Waals surface area contributed by atoms with E-state index in [1.165, 1.54) is 12.1 Å². The van der Waals surface area contributed by atoms with E-state index in [1.807, 2.05) is 12.1 Å². The Hall–Kier alpha value is -1.42. The van der Waals surface area contributed by atoms with E-state index in [0.29, 0.717) is 12.5 Å². The van der Waals surface area contributed by atoms with Crippen LogP contribution in [-0.2, 0) is 11.8 Å². The molecule has 3 rings (SSSR count). The summed E-state index contributed by atoms with van der Waals surface area (Å²) in [6, 6.07) is 6.65. The maximum absolute atomic E-state index is 13.1.